The van der Waals surface area contributed by atoms with Gasteiger partial charge in [-0.1, -0.05) is 6.92 Å². The molecule has 0 fully saturated rings. The van der Waals surface area contributed by atoms with E-state index in [0.29, 0.717) is 6.54 Å². The summed E-state index contributed by atoms with van der Waals surface area (Å²) in [4.78, 5) is 11.2. The SMILES string of the molecule is CC(=O)N1CC(C)C(c2ccc(O)cc2)=N1. The third kappa shape index (κ3) is 1.91. The number of nitrogens with zero attached hydrogens (tertiary/aromatic N) is 2. The Morgan fingerprint density at radius 1 is 1.44 bits per heavy atom. The molecule has 1 aliphatic rings. The molecule has 0 radical (unpaired) electrons. The van der Waals surface area contributed by atoms with Crippen molar-refractivity contribution in [2.45, 2.75) is 13.8 Å². The van der Waals surface area contributed by atoms with Crippen LogP contribution < -0.4 is 0 Å². The van der Waals surface area contributed by atoms with Crippen molar-refractivity contribution in [1.29, 1.82) is 0 Å². The molecule has 1 amide bonds. The number of hydrogen-bond donors (Lipinski definition) is 1. The minimum absolute atomic E-state index is 0.0411. The molecule has 2 rings (SSSR count). The zero-order valence-electron chi connectivity index (χ0n) is 9.34. The van der Waals surface area contributed by atoms with Gasteiger partial charge in [-0.05, 0) is 29.8 Å². The Hall–Kier alpha value is -1.84. The number of carbonyl (C=O) groups excluding carboxylic acids is 1. The molecular formula is C12H14N2O2. The van der Waals surface area contributed by atoms with Crippen LogP contribution in [-0.4, -0.2) is 28.3 Å². The molecule has 1 atom stereocenters. The molecule has 1 aromatic carbocycles. The molecule has 1 N–H and O–H groups in total. The second-order valence-electron chi connectivity index (χ2n) is 4.03. The summed E-state index contributed by atoms with van der Waals surface area (Å²) in [5, 5.41) is 15.0. The smallest absolute Gasteiger partial charge is 0.239 e. The monoisotopic (exact) mass is 218 g/mol. The van der Waals surface area contributed by atoms with Gasteiger partial charge in [0.15, 0.2) is 0 Å². The second kappa shape index (κ2) is 3.96. The van der Waals surface area contributed by atoms with Gasteiger partial charge in [0.2, 0.25) is 5.91 Å². The van der Waals surface area contributed by atoms with Gasteiger partial charge in [-0.25, -0.2) is 5.01 Å². The molecule has 1 aromatic rings. The van der Waals surface area contributed by atoms with E-state index in [2.05, 4.69) is 5.10 Å². The summed E-state index contributed by atoms with van der Waals surface area (Å²) in [7, 11) is 0. The van der Waals surface area contributed by atoms with E-state index in [-0.39, 0.29) is 17.6 Å². The maximum Gasteiger partial charge on any atom is 0.239 e. The summed E-state index contributed by atoms with van der Waals surface area (Å²) in [6.07, 6.45) is 0. The van der Waals surface area contributed by atoms with E-state index in [1.807, 2.05) is 19.1 Å². The number of rotatable bonds is 1. The summed E-state index contributed by atoms with van der Waals surface area (Å²) in [6, 6.07) is 6.88. The number of amides is 1. The van der Waals surface area contributed by atoms with Crippen molar-refractivity contribution >= 4 is 11.6 Å². The lowest BCUT2D eigenvalue weighted by Crippen LogP contribution is -2.22. The Morgan fingerprint density at radius 3 is 2.56 bits per heavy atom. The van der Waals surface area contributed by atoms with Crippen molar-refractivity contribution in [3.63, 3.8) is 0 Å². The number of carbonyl (C=O) groups is 1. The first-order valence-electron chi connectivity index (χ1n) is 5.24. The highest BCUT2D eigenvalue weighted by atomic mass is 16.3. The fraction of sp³-hybridized carbons (Fsp3) is 0.333. The van der Waals surface area contributed by atoms with Crippen LogP contribution in [0.25, 0.3) is 0 Å². The molecule has 84 valence electrons. The van der Waals surface area contributed by atoms with E-state index >= 15 is 0 Å². The molecule has 0 aromatic heterocycles. The van der Waals surface area contributed by atoms with E-state index in [0.717, 1.165) is 11.3 Å². The minimum atomic E-state index is -0.0411. The number of hydrazone groups is 1. The van der Waals surface area contributed by atoms with Crippen LogP contribution in [0, 0.1) is 5.92 Å². The lowest BCUT2D eigenvalue weighted by atomic mass is 9.99. The molecule has 1 unspecified atom stereocenters. The molecule has 4 heteroatoms. The molecule has 0 saturated carbocycles. The van der Waals surface area contributed by atoms with Crippen LogP contribution in [-0.2, 0) is 4.79 Å². The van der Waals surface area contributed by atoms with Gasteiger partial charge in [0.05, 0.1) is 12.3 Å². The topological polar surface area (TPSA) is 52.9 Å². The highest BCUT2D eigenvalue weighted by Crippen LogP contribution is 2.20. The van der Waals surface area contributed by atoms with Crippen LogP contribution in [0.2, 0.25) is 0 Å². The zero-order valence-corrected chi connectivity index (χ0v) is 9.34. The van der Waals surface area contributed by atoms with Crippen molar-refractivity contribution in [2.24, 2.45) is 11.0 Å². The Bertz CT molecular complexity index is 437. The van der Waals surface area contributed by atoms with Gasteiger partial charge in [-0.3, -0.25) is 4.79 Å². The summed E-state index contributed by atoms with van der Waals surface area (Å²) in [5.41, 5.74) is 1.85. The van der Waals surface area contributed by atoms with Crippen molar-refractivity contribution in [3.05, 3.63) is 29.8 Å². The van der Waals surface area contributed by atoms with E-state index in [1.165, 1.54) is 11.9 Å². The van der Waals surface area contributed by atoms with Crippen LogP contribution in [0.3, 0.4) is 0 Å². The molecule has 1 heterocycles. The van der Waals surface area contributed by atoms with Gasteiger partial charge >= 0.3 is 0 Å². The fourth-order valence-electron chi connectivity index (χ4n) is 1.79. The van der Waals surface area contributed by atoms with Gasteiger partial charge < -0.3 is 5.11 Å². The van der Waals surface area contributed by atoms with Gasteiger partial charge in [-0.2, -0.15) is 5.10 Å². The lowest BCUT2D eigenvalue weighted by Gasteiger charge is -2.08. The highest BCUT2D eigenvalue weighted by Gasteiger charge is 2.25. The van der Waals surface area contributed by atoms with Crippen molar-refractivity contribution < 1.29 is 9.90 Å². The van der Waals surface area contributed by atoms with E-state index in [1.54, 1.807) is 12.1 Å². The maximum absolute atomic E-state index is 11.2. The first-order chi connectivity index (χ1) is 7.58. The Balaban J connectivity index is 2.30. The summed E-state index contributed by atoms with van der Waals surface area (Å²) < 4.78 is 0. The standard InChI is InChI=1S/C12H14N2O2/c1-8-7-14(9(2)15)13-12(8)10-3-5-11(16)6-4-10/h3-6,8,16H,7H2,1-2H3. The van der Waals surface area contributed by atoms with E-state index in [4.69, 9.17) is 0 Å². The Morgan fingerprint density at radius 2 is 2.06 bits per heavy atom. The van der Waals surface area contributed by atoms with E-state index < -0.39 is 0 Å². The number of benzene rings is 1. The molecule has 1 aliphatic heterocycles. The average molecular weight is 218 g/mol. The molecule has 0 spiro atoms. The third-order valence-electron chi connectivity index (χ3n) is 2.67. The summed E-state index contributed by atoms with van der Waals surface area (Å²) in [6.45, 7) is 4.18. The zero-order chi connectivity index (χ0) is 11.7. The van der Waals surface area contributed by atoms with Crippen molar-refractivity contribution in [1.82, 2.24) is 5.01 Å². The van der Waals surface area contributed by atoms with Gasteiger partial charge in [0.25, 0.3) is 0 Å². The molecule has 16 heavy (non-hydrogen) atoms. The van der Waals surface area contributed by atoms with Crippen LogP contribution in [0.15, 0.2) is 29.4 Å². The largest absolute Gasteiger partial charge is 0.508 e. The lowest BCUT2D eigenvalue weighted by molar-refractivity contribution is -0.128. The quantitative estimate of drug-likeness (QED) is 0.778. The van der Waals surface area contributed by atoms with E-state index in [9.17, 15) is 9.90 Å². The summed E-state index contributed by atoms with van der Waals surface area (Å²) >= 11 is 0. The van der Waals surface area contributed by atoms with Crippen LogP contribution in [0.4, 0.5) is 0 Å². The van der Waals surface area contributed by atoms with Gasteiger partial charge in [0.1, 0.15) is 5.75 Å². The van der Waals surface area contributed by atoms with Crippen LogP contribution in [0.5, 0.6) is 5.75 Å². The van der Waals surface area contributed by atoms with Crippen molar-refractivity contribution in [3.8, 4) is 5.75 Å². The minimum Gasteiger partial charge on any atom is -0.508 e. The predicted octanol–water partition coefficient (Wildman–Crippen LogP) is 1.59. The molecular weight excluding hydrogens is 204 g/mol. The van der Waals surface area contributed by atoms with Crippen LogP contribution >= 0.6 is 0 Å². The Labute approximate surface area is 94.2 Å². The first kappa shape index (κ1) is 10.7. The average Bonchev–Trinajstić information content (AvgIpc) is 2.62. The number of phenolic OH excluding ortho intramolecular Hbond substituents is 1. The van der Waals surface area contributed by atoms with Crippen LogP contribution in [0.1, 0.15) is 19.4 Å². The number of phenols is 1. The predicted molar refractivity (Wildman–Crippen MR) is 61.2 cm³/mol. The molecule has 0 bridgehead atoms. The molecule has 4 nitrogen and oxygen atoms in total. The molecule has 0 aliphatic carbocycles. The number of aromatic hydroxyl groups is 1. The first-order valence-corrected chi connectivity index (χ1v) is 5.24. The number of hydrogen-bond acceptors (Lipinski definition) is 3. The van der Waals surface area contributed by atoms with Gasteiger partial charge in [0, 0.05) is 12.8 Å². The van der Waals surface area contributed by atoms with Gasteiger partial charge in [-0.15, -0.1) is 0 Å². The second-order valence-corrected chi connectivity index (χ2v) is 4.03. The molecule has 0 saturated heterocycles. The maximum atomic E-state index is 11.2. The van der Waals surface area contributed by atoms with Crippen molar-refractivity contribution in [2.75, 3.05) is 6.54 Å². The normalized spacial score (nSPS) is 19.8. The highest BCUT2D eigenvalue weighted by molar-refractivity contribution is 6.04. The fourth-order valence-corrected chi connectivity index (χ4v) is 1.79. The summed E-state index contributed by atoms with van der Waals surface area (Å²) in [5.74, 6) is 0.424. The Kier molecular flexibility index (Phi) is 2.64. The third-order valence-corrected chi connectivity index (χ3v) is 2.67.